The van der Waals surface area contributed by atoms with E-state index in [9.17, 15) is 9.90 Å². The molecule has 0 bridgehead atoms. The Morgan fingerprint density at radius 3 is 2.53 bits per heavy atom. The maximum absolute atomic E-state index is 12.4. The molecule has 0 saturated carbocycles. The van der Waals surface area contributed by atoms with Gasteiger partial charge in [-0.15, -0.1) is 0 Å². The van der Waals surface area contributed by atoms with Gasteiger partial charge in [0.25, 0.3) is 0 Å². The predicted molar refractivity (Wildman–Crippen MR) is 68.1 cm³/mol. The van der Waals surface area contributed by atoms with Crippen molar-refractivity contribution in [3.05, 3.63) is 47.5 Å². The number of Topliss-reactive ketones (excluding diaryl/α,β-unsaturated/α-hetero) is 1. The summed E-state index contributed by atoms with van der Waals surface area (Å²) in [7, 11) is 0. The number of carbonyl (C=O) groups excluding carboxylic acids is 1. The van der Waals surface area contributed by atoms with Crippen LogP contribution in [0.2, 0.25) is 0 Å². The number of benzene rings is 1. The quantitative estimate of drug-likeness (QED) is 0.793. The third-order valence-corrected chi connectivity index (χ3v) is 3.69. The van der Waals surface area contributed by atoms with E-state index in [0.717, 1.165) is 11.1 Å². The Morgan fingerprint density at radius 2 is 2.00 bits per heavy atom. The van der Waals surface area contributed by atoms with E-state index < -0.39 is 5.60 Å². The number of rotatable bonds is 2. The molecule has 0 unspecified atom stereocenters. The van der Waals surface area contributed by atoms with Crippen LogP contribution in [0, 0.1) is 5.92 Å². The molecule has 2 atom stereocenters. The van der Waals surface area contributed by atoms with Crippen molar-refractivity contribution >= 4 is 5.78 Å². The fourth-order valence-electron chi connectivity index (χ4n) is 2.78. The van der Waals surface area contributed by atoms with E-state index in [1.807, 2.05) is 39.0 Å². The van der Waals surface area contributed by atoms with Gasteiger partial charge in [-0.2, -0.15) is 0 Å². The van der Waals surface area contributed by atoms with Crippen molar-refractivity contribution in [1.29, 1.82) is 0 Å². The molecule has 2 heteroatoms. The molecular weight excluding hydrogens is 212 g/mol. The summed E-state index contributed by atoms with van der Waals surface area (Å²) in [6.45, 7) is 9.55. The third kappa shape index (κ3) is 1.48. The maximum atomic E-state index is 12.4. The first kappa shape index (κ1) is 12.1. The highest BCUT2D eigenvalue weighted by Gasteiger charge is 2.53. The Hall–Kier alpha value is -1.41. The first-order valence-electron chi connectivity index (χ1n) is 5.92. The lowest BCUT2D eigenvalue weighted by atomic mass is 9.75. The molecule has 0 spiro atoms. The van der Waals surface area contributed by atoms with E-state index in [0.29, 0.717) is 5.56 Å². The molecule has 2 nitrogen and oxygen atoms in total. The van der Waals surface area contributed by atoms with Crippen LogP contribution in [0.4, 0.5) is 0 Å². The fraction of sp³-hybridized carbons (Fsp3) is 0.400. The van der Waals surface area contributed by atoms with E-state index in [1.165, 1.54) is 0 Å². The second-order valence-electron chi connectivity index (χ2n) is 5.18. The van der Waals surface area contributed by atoms with E-state index in [2.05, 4.69) is 6.58 Å². The van der Waals surface area contributed by atoms with Crippen molar-refractivity contribution in [1.82, 2.24) is 0 Å². The lowest BCUT2D eigenvalue weighted by molar-refractivity contribution is 0.00166. The zero-order chi connectivity index (χ0) is 12.8. The highest BCUT2D eigenvalue weighted by molar-refractivity contribution is 6.08. The number of hydrogen-bond donors (Lipinski definition) is 1. The summed E-state index contributed by atoms with van der Waals surface area (Å²) in [6, 6.07) is 7.42. The van der Waals surface area contributed by atoms with Crippen molar-refractivity contribution in [2.75, 3.05) is 0 Å². The minimum absolute atomic E-state index is 0.135. The summed E-state index contributed by atoms with van der Waals surface area (Å²) < 4.78 is 0. The molecule has 1 N–H and O–H groups in total. The lowest BCUT2D eigenvalue weighted by Gasteiger charge is -2.33. The standard InChI is InChI=1S/C15H18O2/c1-9(2)13-11-7-5-6-8-12(11)14(16)15(13,17)10(3)4/h5-8,10,13,17H,1H2,2-4H3/t13-,15-/m1/s1. The topological polar surface area (TPSA) is 37.3 Å². The van der Waals surface area contributed by atoms with Gasteiger partial charge in [-0.25, -0.2) is 0 Å². The highest BCUT2D eigenvalue weighted by atomic mass is 16.3. The average molecular weight is 230 g/mol. The Balaban J connectivity index is 2.68. The van der Waals surface area contributed by atoms with Crippen molar-refractivity contribution in [2.24, 2.45) is 5.92 Å². The van der Waals surface area contributed by atoms with Crippen LogP contribution in [0.15, 0.2) is 36.4 Å². The monoisotopic (exact) mass is 230 g/mol. The third-order valence-electron chi connectivity index (χ3n) is 3.69. The molecule has 0 aliphatic heterocycles. The number of fused-ring (bicyclic) bond motifs is 1. The van der Waals surface area contributed by atoms with Crippen LogP contribution in [0.5, 0.6) is 0 Å². The Labute approximate surface area is 102 Å². The van der Waals surface area contributed by atoms with Crippen LogP contribution in [0.25, 0.3) is 0 Å². The van der Waals surface area contributed by atoms with Gasteiger partial charge in [0.05, 0.1) is 0 Å². The Morgan fingerprint density at radius 1 is 1.41 bits per heavy atom. The van der Waals surface area contributed by atoms with Crippen LogP contribution in [-0.4, -0.2) is 16.5 Å². The minimum Gasteiger partial charge on any atom is -0.380 e. The molecule has 1 aromatic carbocycles. The lowest BCUT2D eigenvalue weighted by Crippen LogP contribution is -2.44. The van der Waals surface area contributed by atoms with Crippen LogP contribution in [-0.2, 0) is 0 Å². The van der Waals surface area contributed by atoms with E-state index >= 15 is 0 Å². The Bertz CT molecular complexity index is 487. The molecule has 1 aromatic rings. The molecule has 0 heterocycles. The SMILES string of the molecule is C=C(C)[C@@H]1c2ccccc2C(=O)[C@@]1(O)C(C)C. The number of hydrogen-bond acceptors (Lipinski definition) is 2. The molecule has 17 heavy (non-hydrogen) atoms. The van der Waals surface area contributed by atoms with E-state index in [4.69, 9.17) is 0 Å². The predicted octanol–water partition coefficient (Wildman–Crippen LogP) is 2.93. The van der Waals surface area contributed by atoms with Gasteiger partial charge in [-0.3, -0.25) is 4.79 Å². The summed E-state index contributed by atoms with van der Waals surface area (Å²) in [5, 5.41) is 10.8. The zero-order valence-corrected chi connectivity index (χ0v) is 10.5. The highest BCUT2D eigenvalue weighted by Crippen LogP contribution is 2.48. The number of aliphatic hydroxyl groups is 1. The number of ketones is 1. The van der Waals surface area contributed by atoms with Crippen LogP contribution < -0.4 is 0 Å². The van der Waals surface area contributed by atoms with Gasteiger partial charge in [-0.1, -0.05) is 50.3 Å². The van der Waals surface area contributed by atoms with Gasteiger partial charge >= 0.3 is 0 Å². The molecule has 90 valence electrons. The summed E-state index contributed by atoms with van der Waals surface area (Å²) in [5.41, 5.74) is 1.03. The molecular formula is C15H18O2. The summed E-state index contributed by atoms with van der Waals surface area (Å²) in [4.78, 5) is 12.4. The summed E-state index contributed by atoms with van der Waals surface area (Å²) in [5.74, 6) is -0.591. The first-order chi connectivity index (χ1) is 7.90. The minimum atomic E-state index is -1.34. The van der Waals surface area contributed by atoms with Crippen LogP contribution in [0.1, 0.15) is 42.6 Å². The molecule has 1 aliphatic rings. The van der Waals surface area contributed by atoms with Gasteiger partial charge in [0, 0.05) is 11.5 Å². The maximum Gasteiger partial charge on any atom is 0.195 e. The second kappa shape index (κ2) is 3.81. The Kier molecular flexibility index (Phi) is 2.70. The second-order valence-corrected chi connectivity index (χ2v) is 5.18. The van der Waals surface area contributed by atoms with Crippen molar-refractivity contribution in [3.63, 3.8) is 0 Å². The zero-order valence-electron chi connectivity index (χ0n) is 10.5. The normalized spacial score (nSPS) is 27.4. The fourth-order valence-corrected chi connectivity index (χ4v) is 2.78. The van der Waals surface area contributed by atoms with Gasteiger partial charge < -0.3 is 5.11 Å². The van der Waals surface area contributed by atoms with E-state index in [1.54, 1.807) is 6.07 Å². The average Bonchev–Trinajstić information content (AvgIpc) is 2.50. The molecule has 0 fully saturated rings. The first-order valence-corrected chi connectivity index (χ1v) is 5.92. The van der Waals surface area contributed by atoms with Crippen molar-refractivity contribution in [2.45, 2.75) is 32.3 Å². The molecule has 0 saturated heterocycles. The smallest absolute Gasteiger partial charge is 0.195 e. The van der Waals surface area contributed by atoms with Gasteiger partial charge in [0.2, 0.25) is 0 Å². The van der Waals surface area contributed by atoms with Crippen LogP contribution in [0.3, 0.4) is 0 Å². The molecule has 0 amide bonds. The van der Waals surface area contributed by atoms with Gasteiger partial charge in [0.15, 0.2) is 5.78 Å². The largest absolute Gasteiger partial charge is 0.380 e. The van der Waals surface area contributed by atoms with Gasteiger partial charge in [0.1, 0.15) is 5.60 Å². The van der Waals surface area contributed by atoms with Crippen molar-refractivity contribution in [3.8, 4) is 0 Å². The summed E-state index contributed by atoms with van der Waals surface area (Å²) >= 11 is 0. The van der Waals surface area contributed by atoms with Crippen LogP contribution >= 0.6 is 0 Å². The number of carbonyl (C=O) groups is 1. The summed E-state index contributed by atoms with van der Waals surface area (Å²) in [6.07, 6.45) is 0. The van der Waals surface area contributed by atoms with E-state index in [-0.39, 0.29) is 17.6 Å². The van der Waals surface area contributed by atoms with Crippen molar-refractivity contribution < 1.29 is 9.90 Å². The molecule has 0 radical (unpaired) electrons. The van der Waals surface area contributed by atoms with Gasteiger partial charge in [-0.05, 0) is 18.4 Å². The molecule has 2 rings (SSSR count). The molecule has 0 aromatic heterocycles. The molecule has 1 aliphatic carbocycles.